The molecule has 0 heterocycles. The van der Waals surface area contributed by atoms with Gasteiger partial charge in [-0.3, -0.25) is 0 Å². The Balaban J connectivity index is 3.18. The molecule has 0 unspecified atom stereocenters. The van der Waals surface area contributed by atoms with Crippen molar-refractivity contribution in [3.63, 3.8) is 0 Å². The molecule has 0 bridgehead atoms. The van der Waals surface area contributed by atoms with E-state index in [1.54, 1.807) is 0 Å². The van der Waals surface area contributed by atoms with Crippen molar-refractivity contribution in [2.45, 2.75) is 6.10 Å². The molecule has 1 aromatic rings. The molecule has 0 fully saturated rings. The zero-order valence-corrected chi connectivity index (χ0v) is 7.63. The number of rotatable bonds is 3. The number of hydrogen-bond acceptors (Lipinski definition) is 3. The zero-order valence-electron chi connectivity index (χ0n) is 7.63. The monoisotopic (exact) mass is 203 g/mol. The molecule has 1 aromatic carbocycles. The lowest BCUT2D eigenvalue weighted by Gasteiger charge is -2.11. The third-order valence-electron chi connectivity index (χ3n) is 1.84. The molecular weight excluding hydrogens is 192 g/mol. The minimum absolute atomic E-state index is 0.0629. The summed E-state index contributed by atoms with van der Waals surface area (Å²) < 4.78 is 31.1. The van der Waals surface area contributed by atoms with Crippen LogP contribution in [-0.2, 0) is 0 Å². The SMILES string of the molecule is COc1cc(F)c([C@H](O)CN)c(F)c1. The zero-order chi connectivity index (χ0) is 10.7. The summed E-state index contributed by atoms with van der Waals surface area (Å²) in [6.07, 6.45) is -1.33. The number of methoxy groups -OCH3 is 1. The Morgan fingerprint density at radius 3 is 2.29 bits per heavy atom. The first kappa shape index (κ1) is 10.9. The Morgan fingerprint density at radius 1 is 1.43 bits per heavy atom. The maximum atomic E-state index is 13.2. The molecular formula is C9H11F2NO2. The molecule has 1 atom stereocenters. The summed E-state index contributed by atoms with van der Waals surface area (Å²) in [5, 5.41) is 9.21. The Kier molecular flexibility index (Phi) is 3.38. The Labute approximate surface area is 80.1 Å². The van der Waals surface area contributed by atoms with Gasteiger partial charge in [0.1, 0.15) is 17.4 Å². The van der Waals surface area contributed by atoms with E-state index in [2.05, 4.69) is 4.74 Å². The van der Waals surface area contributed by atoms with E-state index < -0.39 is 23.3 Å². The van der Waals surface area contributed by atoms with E-state index in [-0.39, 0.29) is 12.3 Å². The summed E-state index contributed by atoms with van der Waals surface area (Å²) in [7, 11) is 1.30. The summed E-state index contributed by atoms with van der Waals surface area (Å²) in [5.74, 6) is -1.66. The van der Waals surface area contributed by atoms with Crippen LogP contribution in [0.15, 0.2) is 12.1 Å². The minimum Gasteiger partial charge on any atom is -0.497 e. The van der Waals surface area contributed by atoms with Crippen LogP contribution in [-0.4, -0.2) is 18.8 Å². The van der Waals surface area contributed by atoms with Gasteiger partial charge in [0.15, 0.2) is 0 Å². The largest absolute Gasteiger partial charge is 0.497 e. The molecule has 78 valence electrons. The summed E-state index contributed by atoms with van der Waals surface area (Å²) in [6, 6.07) is 1.99. The van der Waals surface area contributed by atoms with Gasteiger partial charge in [-0.05, 0) is 0 Å². The Hall–Kier alpha value is -1.20. The van der Waals surface area contributed by atoms with E-state index in [1.807, 2.05) is 0 Å². The van der Waals surface area contributed by atoms with Crippen molar-refractivity contribution in [1.29, 1.82) is 0 Å². The van der Waals surface area contributed by atoms with Crippen LogP contribution in [0.2, 0.25) is 0 Å². The van der Waals surface area contributed by atoms with Crippen LogP contribution in [0.1, 0.15) is 11.7 Å². The molecule has 0 saturated heterocycles. The van der Waals surface area contributed by atoms with Crippen molar-refractivity contribution in [2.24, 2.45) is 5.73 Å². The van der Waals surface area contributed by atoms with Gasteiger partial charge in [0.05, 0.1) is 18.8 Å². The predicted octanol–water partition coefficient (Wildman–Crippen LogP) is 0.966. The molecule has 0 amide bonds. The van der Waals surface area contributed by atoms with Crippen LogP contribution in [0.4, 0.5) is 8.78 Å². The smallest absolute Gasteiger partial charge is 0.135 e. The quantitative estimate of drug-likeness (QED) is 0.769. The summed E-state index contributed by atoms with van der Waals surface area (Å²) in [4.78, 5) is 0. The predicted molar refractivity (Wildman–Crippen MR) is 46.9 cm³/mol. The average molecular weight is 203 g/mol. The first-order valence-electron chi connectivity index (χ1n) is 4.01. The number of nitrogens with two attached hydrogens (primary N) is 1. The standard InChI is InChI=1S/C9H11F2NO2/c1-14-5-2-6(10)9(7(11)3-5)8(13)4-12/h2-3,8,13H,4,12H2,1H3/t8-/m1/s1. The fourth-order valence-corrected chi connectivity index (χ4v) is 1.12. The molecule has 0 aromatic heterocycles. The molecule has 0 aliphatic carbocycles. The Bertz CT molecular complexity index is 308. The van der Waals surface area contributed by atoms with Crippen molar-refractivity contribution in [3.8, 4) is 5.75 Å². The molecule has 14 heavy (non-hydrogen) atoms. The first-order chi connectivity index (χ1) is 6.60. The molecule has 0 spiro atoms. The van der Waals surface area contributed by atoms with Gasteiger partial charge in [-0.2, -0.15) is 0 Å². The van der Waals surface area contributed by atoms with E-state index >= 15 is 0 Å². The third-order valence-corrected chi connectivity index (χ3v) is 1.84. The second-order valence-electron chi connectivity index (χ2n) is 2.76. The van der Waals surface area contributed by atoms with Gasteiger partial charge in [-0.1, -0.05) is 0 Å². The summed E-state index contributed by atoms with van der Waals surface area (Å²) >= 11 is 0. The lowest BCUT2D eigenvalue weighted by molar-refractivity contribution is 0.176. The van der Waals surface area contributed by atoms with Gasteiger partial charge in [0.25, 0.3) is 0 Å². The highest BCUT2D eigenvalue weighted by molar-refractivity contribution is 5.31. The second kappa shape index (κ2) is 4.34. The minimum atomic E-state index is -1.33. The van der Waals surface area contributed by atoms with Gasteiger partial charge in [0.2, 0.25) is 0 Å². The van der Waals surface area contributed by atoms with Crippen LogP contribution < -0.4 is 10.5 Å². The van der Waals surface area contributed by atoms with Crippen LogP contribution >= 0.6 is 0 Å². The van der Waals surface area contributed by atoms with Crippen molar-refractivity contribution in [1.82, 2.24) is 0 Å². The normalized spacial score (nSPS) is 12.6. The molecule has 0 radical (unpaired) electrons. The lowest BCUT2D eigenvalue weighted by atomic mass is 10.1. The highest BCUT2D eigenvalue weighted by atomic mass is 19.1. The average Bonchev–Trinajstić information content (AvgIpc) is 2.16. The second-order valence-corrected chi connectivity index (χ2v) is 2.76. The number of aliphatic hydroxyl groups excluding tert-OH is 1. The molecule has 0 saturated carbocycles. The van der Waals surface area contributed by atoms with Crippen LogP contribution in [0.25, 0.3) is 0 Å². The van der Waals surface area contributed by atoms with E-state index in [0.717, 1.165) is 12.1 Å². The van der Waals surface area contributed by atoms with Crippen LogP contribution in [0, 0.1) is 11.6 Å². The van der Waals surface area contributed by atoms with E-state index in [0.29, 0.717) is 0 Å². The van der Waals surface area contributed by atoms with Crippen molar-refractivity contribution < 1.29 is 18.6 Å². The van der Waals surface area contributed by atoms with Gasteiger partial charge in [-0.25, -0.2) is 8.78 Å². The number of ether oxygens (including phenoxy) is 1. The van der Waals surface area contributed by atoms with E-state index in [1.165, 1.54) is 7.11 Å². The summed E-state index contributed by atoms with van der Waals surface area (Å²) in [5.41, 5.74) is 4.67. The third kappa shape index (κ3) is 2.00. The van der Waals surface area contributed by atoms with Crippen molar-refractivity contribution in [2.75, 3.05) is 13.7 Å². The number of halogens is 2. The first-order valence-corrected chi connectivity index (χ1v) is 4.01. The van der Waals surface area contributed by atoms with Crippen molar-refractivity contribution >= 4 is 0 Å². The molecule has 3 nitrogen and oxygen atoms in total. The molecule has 1 rings (SSSR count). The topological polar surface area (TPSA) is 55.5 Å². The number of benzene rings is 1. The molecule has 5 heteroatoms. The van der Waals surface area contributed by atoms with Gasteiger partial charge in [-0.15, -0.1) is 0 Å². The molecule has 0 aliphatic rings. The van der Waals surface area contributed by atoms with Crippen LogP contribution in [0.3, 0.4) is 0 Å². The number of aliphatic hydroxyl groups is 1. The van der Waals surface area contributed by atoms with Gasteiger partial charge < -0.3 is 15.6 Å². The highest BCUT2D eigenvalue weighted by Gasteiger charge is 2.18. The fourth-order valence-electron chi connectivity index (χ4n) is 1.12. The number of hydrogen-bond donors (Lipinski definition) is 2. The van der Waals surface area contributed by atoms with Gasteiger partial charge >= 0.3 is 0 Å². The highest BCUT2D eigenvalue weighted by Crippen LogP contribution is 2.24. The maximum absolute atomic E-state index is 13.2. The van der Waals surface area contributed by atoms with Crippen LogP contribution in [0.5, 0.6) is 5.75 Å². The molecule has 3 N–H and O–H groups in total. The van der Waals surface area contributed by atoms with Crippen molar-refractivity contribution in [3.05, 3.63) is 29.3 Å². The van der Waals surface area contributed by atoms with E-state index in [4.69, 9.17) is 5.73 Å². The van der Waals surface area contributed by atoms with E-state index in [9.17, 15) is 13.9 Å². The molecule has 0 aliphatic heterocycles. The summed E-state index contributed by atoms with van der Waals surface area (Å²) in [6.45, 7) is -0.236. The van der Waals surface area contributed by atoms with Gasteiger partial charge in [0, 0.05) is 18.7 Å². The Morgan fingerprint density at radius 2 is 1.93 bits per heavy atom. The lowest BCUT2D eigenvalue weighted by Crippen LogP contribution is -2.14. The fraction of sp³-hybridized carbons (Fsp3) is 0.333. The maximum Gasteiger partial charge on any atom is 0.135 e.